The summed E-state index contributed by atoms with van der Waals surface area (Å²) in [5.41, 5.74) is 0.903. The molecule has 2 rings (SSSR count). The summed E-state index contributed by atoms with van der Waals surface area (Å²) in [5.74, 6) is 0.282. The van der Waals surface area contributed by atoms with E-state index in [2.05, 4.69) is 12.2 Å². The highest BCUT2D eigenvalue weighted by Crippen LogP contribution is 2.32. The Hall–Kier alpha value is -2.38. The van der Waals surface area contributed by atoms with Crippen molar-refractivity contribution in [3.05, 3.63) is 59.4 Å². The maximum absolute atomic E-state index is 13.6. The van der Waals surface area contributed by atoms with Crippen LogP contribution in [0.2, 0.25) is 0 Å². The van der Waals surface area contributed by atoms with Crippen LogP contribution in [-0.2, 0) is 0 Å². The smallest absolute Gasteiger partial charge is 0.148 e. The van der Waals surface area contributed by atoms with Gasteiger partial charge in [0.2, 0.25) is 0 Å². The van der Waals surface area contributed by atoms with Crippen LogP contribution in [0.5, 0.6) is 11.5 Å². The van der Waals surface area contributed by atoms with Crippen molar-refractivity contribution in [2.75, 3.05) is 7.05 Å². The number of ether oxygens (including phenoxy) is 1. The molecule has 3 nitrogen and oxygen atoms in total. The first kappa shape index (κ1) is 15.0. The SMILES string of the molecule is CCC(NC)c1ccccc1Oc1cccc(F)c1C#N. The molecule has 0 saturated carbocycles. The fourth-order valence-electron chi connectivity index (χ4n) is 2.26. The fourth-order valence-corrected chi connectivity index (χ4v) is 2.26. The molecule has 0 aliphatic carbocycles. The molecule has 0 aromatic heterocycles. The van der Waals surface area contributed by atoms with Crippen LogP contribution in [0, 0.1) is 17.1 Å². The Kier molecular flexibility index (Phi) is 4.91. The third-order valence-corrected chi connectivity index (χ3v) is 3.36. The normalized spacial score (nSPS) is 11.7. The molecule has 0 bridgehead atoms. The lowest BCUT2D eigenvalue weighted by Gasteiger charge is -2.19. The van der Waals surface area contributed by atoms with Crippen LogP contribution in [0.1, 0.15) is 30.5 Å². The molecule has 1 atom stereocenters. The lowest BCUT2D eigenvalue weighted by Crippen LogP contribution is -2.15. The van der Waals surface area contributed by atoms with Crippen LogP contribution in [0.15, 0.2) is 42.5 Å². The molecule has 2 aromatic carbocycles. The van der Waals surface area contributed by atoms with E-state index in [4.69, 9.17) is 10.00 Å². The predicted molar refractivity (Wildman–Crippen MR) is 79.7 cm³/mol. The van der Waals surface area contributed by atoms with Gasteiger partial charge in [0.25, 0.3) is 0 Å². The number of halogens is 1. The first-order valence-corrected chi connectivity index (χ1v) is 6.83. The molecule has 1 unspecified atom stereocenters. The second kappa shape index (κ2) is 6.87. The van der Waals surface area contributed by atoms with Gasteiger partial charge in [0, 0.05) is 11.6 Å². The summed E-state index contributed by atoms with van der Waals surface area (Å²) >= 11 is 0. The predicted octanol–water partition coefficient (Wildman–Crippen LogP) is 4.16. The molecule has 0 saturated heterocycles. The van der Waals surface area contributed by atoms with Gasteiger partial charge in [-0.3, -0.25) is 0 Å². The highest BCUT2D eigenvalue weighted by molar-refractivity contribution is 5.48. The van der Waals surface area contributed by atoms with E-state index in [0.717, 1.165) is 12.0 Å². The Labute approximate surface area is 124 Å². The van der Waals surface area contributed by atoms with Gasteiger partial charge in [-0.25, -0.2) is 4.39 Å². The molecule has 0 aliphatic rings. The first-order valence-electron chi connectivity index (χ1n) is 6.83. The van der Waals surface area contributed by atoms with Crippen molar-refractivity contribution in [3.63, 3.8) is 0 Å². The number of nitriles is 1. The van der Waals surface area contributed by atoms with Crippen molar-refractivity contribution in [1.82, 2.24) is 5.32 Å². The maximum atomic E-state index is 13.6. The molecule has 0 fully saturated rings. The number of rotatable bonds is 5. The number of benzene rings is 2. The third-order valence-electron chi connectivity index (χ3n) is 3.36. The van der Waals surface area contributed by atoms with Gasteiger partial charge in [0.05, 0.1) is 0 Å². The monoisotopic (exact) mass is 284 g/mol. The van der Waals surface area contributed by atoms with E-state index < -0.39 is 5.82 Å². The number of para-hydroxylation sites is 1. The largest absolute Gasteiger partial charge is 0.456 e. The Bertz CT molecular complexity index is 660. The molecule has 0 aliphatic heterocycles. The zero-order valence-electron chi connectivity index (χ0n) is 12.1. The number of nitrogens with zero attached hydrogens (tertiary/aromatic N) is 1. The average molecular weight is 284 g/mol. The summed E-state index contributed by atoms with van der Waals surface area (Å²) in [4.78, 5) is 0. The van der Waals surface area contributed by atoms with E-state index >= 15 is 0 Å². The van der Waals surface area contributed by atoms with Gasteiger partial charge < -0.3 is 10.1 Å². The van der Waals surface area contributed by atoms with Gasteiger partial charge in [-0.15, -0.1) is 0 Å². The van der Waals surface area contributed by atoms with Crippen molar-refractivity contribution in [3.8, 4) is 17.6 Å². The van der Waals surface area contributed by atoms with Crippen LogP contribution < -0.4 is 10.1 Å². The quantitative estimate of drug-likeness (QED) is 0.896. The number of hydrogen-bond donors (Lipinski definition) is 1. The van der Waals surface area contributed by atoms with Crippen molar-refractivity contribution in [2.24, 2.45) is 0 Å². The molecule has 0 heterocycles. The third kappa shape index (κ3) is 3.21. The van der Waals surface area contributed by atoms with Gasteiger partial charge in [-0.05, 0) is 31.7 Å². The minimum absolute atomic E-state index is 0.0789. The summed E-state index contributed by atoms with van der Waals surface area (Å²) in [7, 11) is 1.88. The van der Waals surface area contributed by atoms with Crippen molar-refractivity contribution >= 4 is 0 Å². The van der Waals surface area contributed by atoms with Crippen LogP contribution in [0.3, 0.4) is 0 Å². The Morgan fingerprint density at radius 1 is 1.19 bits per heavy atom. The maximum Gasteiger partial charge on any atom is 0.148 e. The summed E-state index contributed by atoms with van der Waals surface area (Å²) < 4.78 is 19.4. The molecular formula is C17H17FN2O. The summed E-state index contributed by atoms with van der Waals surface area (Å²) in [6, 6.07) is 13.9. The highest BCUT2D eigenvalue weighted by Gasteiger charge is 2.15. The van der Waals surface area contributed by atoms with E-state index in [9.17, 15) is 4.39 Å². The Morgan fingerprint density at radius 3 is 2.57 bits per heavy atom. The molecule has 108 valence electrons. The molecule has 0 radical (unpaired) electrons. The zero-order valence-corrected chi connectivity index (χ0v) is 12.1. The van der Waals surface area contributed by atoms with Crippen LogP contribution in [0.4, 0.5) is 4.39 Å². The summed E-state index contributed by atoms with van der Waals surface area (Å²) in [6.07, 6.45) is 0.894. The summed E-state index contributed by atoms with van der Waals surface area (Å²) in [6.45, 7) is 2.07. The zero-order chi connectivity index (χ0) is 15.2. The topological polar surface area (TPSA) is 45.0 Å². The average Bonchev–Trinajstić information content (AvgIpc) is 2.50. The lowest BCUT2D eigenvalue weighted by molar-refractivity contribution is 0.453. The van der Waals surface area contributed by atoms with E-state index in [1.807, 2.05) is 37.4 Å². The van der Waals surface area contributed by atoms with Crippen molar-refractivity contribution < 1.29 is 9.13 Å². The van der Waals surface area contributed by atoms with E-state index in [1.54, 1.807) is 6.07 Å². The highest BCUT2D eigenvalue weighted by atomic mass is 19.1. The van der Waals surface area contributed by atoms with Gasteiger partial charge in [0.1, 0.15) is 28.9 Å². The number of nitrogens with one attached hydrogen (secondary N) is 1. The van der Waals surface area contributed by atoms with E-state index in [-0.39, 0.29) is 17.4 Å². The van der Waals surface area contributed by atoms with Gasteiger partial charge in [0.15, 0.2) is 0 Å². The molecule has 1 N–H and O–H groups in total. The van der Waals surface area contributed by atoms with Crippen LogP contribution in [0.25, 0.3) is 0 Å². The second-order valence-electron chi connectivity index (χ2n) is 4.61. The Balaban J connectivity index is 2.42. The minimum Gasteiger partial charge on any atom is -0.456 e. The van der Waals surface area contributed by atoms with E-state index in [0.29, 0.717) is 5.75 Å². The van der Waals surface area contributed by atoms with E-state index in [1.165, 1.54) is 12.1 Å². The standard InChI is InChI=1S/C17H17FN2O/c1-3-15(20-2)12-7-4-5-9-16(12)21-17-10-6-8-14(18)13(17)11-19/h4-10,15,20H,3H2,1-2H3. The molecule has 0 amide bonds. The molecule has 4 heteroatoms. The van der Waals surface area contributed by atoms with Crippen molar-refractivity contribution in [2.45, 2.75) is 19.4 Å². The van der Waals surface area contributed by atoms with Gasteiger partial charge >= 0.3 is 0 Å². The molecule has 0 spiro atoms. The fraction of sp³-hybridized carbons (Fsp3) is 0.235. The van der Waals surface area contributed by atoms with Crippen LogP contribution >= 0.6 is 0 Å². The second-order valence-corrected chi connectivity index (χ2v) is 4.61. The molecule has 2 aromatic rings. The lowest BCUT2D eigenvalue weighted by atomic mass is 10.0. The summed E-state index contributed by atoms with van der Waals surface area (Å²) in [5, 5.41) is 12.3. The first-order chi connectivity index (χ1) is 10.2. The van der Waals surface area contributed by atoms with Crippen molar-refractivity contribution in [1.29, 1.82) is 5.26 Å². The minimum atomic E-state index is -0.576. The number of hydrogen-bond acceptors (Lipinski definition) is 3. The van der Waals surface area contributed by atoms with Crippen LogP contribution in [-0.4, -0.2) is 7.05 Å². The molecule has 21 heavy (non-hydrogen) atoms. The van der Waals surface area contributed by atoms with Gasteiger partial charge in [-0.2, -0.15) is 5.26 Å². The Morgan fingerprint density at radius 2 is 1.90 bits per heavy atom. The van der Waals surface area contributed by atoms with Gasteiger partial charge in [-0.1, -0.05) is 31.2 Å². The molecular weight excluding hydrogens is 267 g/mol.